The van der Waals surface area contributed by atoms with Crippen molar-refractivity contribution in [1.82, 2.24) is 14.8 Å². The van der Waals surface area contributed by atoms with Gasteiger partial charge in [0.15, 0.2) is 17.1 Å². The normalized spacial score (nSPS) is 11.8. The first kappa shape index (κ1) is 26.9. The number of nitro benzene ring substituents is 1. The fourth-order valence-electron chi connectivity index (χ4n) is 3.86. The Morgan fingerprint density at radius 3 is 2.39 bits per heavy atom. The van der Waals surface area contributed by atoms with Crippen LogP contribution >= 0.6 is 11.8 Å². The van der Waals surface area contributed by atoms with E-state index in [1.54, 1.807) is 6.92 Å². The highest BCUT2D eigenvalue weighted by Gasteiger charge is 2.22. The number of hydrogen-bond acceptors (Lipinski definition) is 7. The van der Waals surface area contributed by atoms with Gasteiger partial charge in [0, 0.05) is 23.5 Å². The summed E-state index contributed by atoms with van der Waals surface area (Å²) in [6.45, 7) is 7.92. The maximum absolute atomic E-state index is 12.7. The smallest absolute Gasteiger partial charge is 0.269 e. The molecule has 0 saturated carbocycles. The van der Waals surface area contributed by atoms with E-state index in [4.69, 9.17) is 4.74 Å². The summed E-state index contributed by atoms with van der Waals surface area (Å²) in [5, 5.41) is 23.1. The number of aryl methyl sites for hydroxylation is 1. The Morgan fingerprint density at radius 1 is 1.05 bits per heavy atom. The molecule has 0 saturated heterocycles. The van der Waals surface area contributed by atoms with E-state index in [1.165, 1.54) is 35.5 Å². The standard InChI is InChI=1S/C28H29N5O4S/c1-18(2)21-10-13-24(14-11-21)37-20(4)27-30-31-28(32(27)22-8-6-5-7-9-22)38-17-26(34)29-25-15-12-23(33(35)36)16-19(25)3/h5-16,18,20H,17H2,1-4H3,(H,29,34). The zero-order valence-corrected chi connectivity index (χ0v) is 22.4. The van der Waals surface area contributed by atoms with Crippen molar-refractivity contribution in [2.45, 2.75) is 44.9 Å². The van der Waals surface area contributed by atoms with Crippen LogP contribution < -0.4 is 10.1 Å². The summed E-state index contributed by atoms with van der Waals surface area (Å²) in [4.78, 5) is 23.2. The van der Waals surface area contributed by atoms with Crippen LogP contribution in [-0.2, 0) is 4.79 Å². The second kappa shape index (κ2) is 11.9. The second-order valence-electron chi connectivity index (χ2n) is 9.09. The Morgan fingerprint density at radius 2 is 1.76 bits per heavy atom. The monoisotopic (exact) mass is 531 g/mol. The number of carbonyl (C=O) groups excluding carboxylic acids is 1. The molecule has 10 heteroatoms. The predicted molar refractivity (Wildman–Crippen MR) is 148 cm³/mol. The van der Waals surface area contributed by atoms with E-state index in [-0.39, 0.29) is 17.3 Å². The molecule has 1 aromatic heterocycles. The molecule has 9 nitrogen and oxygen atoms in total. The lowest BCUT2D eigenvalue weighted by atomic mass is 10.0. The number of benzene rings is 3. The molecule has 1 N–H and O–H groups in total. The quantitative estimate of drug-likeness (QED) is 0.142. The minimum Gasteiger partial charge on any atom is -0.483 e. The molecule has 3 aromatic carbocycles. The summed E-state index contributed by atoms with van der Waals surface area (Å²) in [5.74, 6) is 1.59. The molecule has 1 unspecified atom stereocenters. The molecule has 196 valence electrons. The number of nitrogens with one attached hydrogen (secondary N) is 1. The molecule has 0 spiro atoms. The van der Waals surface area contributed by atoms with Gasteiger partial charge in [-0.25, -0.2) is 0 Å². The molecule has 1 heterocycles. The largest absolute Gasteiger partial charge is 0.483 e. The van der Waals surface area contributed by atoms with Crippen molar-refractivity contribution in [2.24, 2.45) is 0 Å². The van der Waals surface area contributed by atoms with Crippen molar-refractivity contribution >= 4 is 29.0 Å². The fourth-order valence-corrected chi connectivity index (χ4v) is 4.62. The van der Waals surface area contributed by atoms with Gasteiger partial charge in [-0.3, -0.25) is 19.5 Å². The van der Waals surface area contributed by atoms with Crippen molar-refractivity contribution < 1.29 is 14.5 Å². The van der Waals surface area contributed by atoms with Crippen LogP contribution in [0.25, 0.3) is 5.69 Å². The van der Waals surface area contributed by atoms with Crippen LogP contribution in [0.4, 0.5) is 11.4 Å². The van der Waals surface area contributed by atoms with Gasteiger partial charge in [0.25, 0.3) is 5.69 Å². The first-order chi connectivity index (χ1) is 18.2. The van der Waals surface area contributed by atoms with Crippen LogP contribution in [0.15, 0.2) is 78.0 Å². The Bertz CT molecular complexity index is 1420. The van der Waals surface area contributed by atoms with E-state index >= 15 is 0 Å². The van der Waals surface area contributed by atoms with E-state index in [2.05, 4.69) is 41.5 Å². The van der Waals surface area contributed by atoms with Gasteiger partial charge in [0.05, 0.1) is 10.7 Å². The Kier molecular flexibility index (Phi) is 8.42. The van der Waals surface area contributed by atoms with Gasteiger partial charge in [-0.2, -0.15) is 0 Å². The predicted octanol–water partition coefficient (Wildman–Crippen LogP) is 6.48. The summed E-state index contributed by atoms with van der Waals surface area (Å²) in [5.41, 5.74) is 3.20. The summed E-state index contributed by atoms with van der Waals surface area (Å²) in [7, 11) is 0. The molecule has 0 bridgehead atoms. The van der Waals surface area contributed by atoms with Gasteiger partial charge in [-0.05, 0) is 61.2 Å². The minimum atomic E-state index is -0.464. The van der Waals surface area contributed by atoms with E-state index in [0.29, 0.717) is 28.1 Å². The number of hydrogen-bond donors (Lipinski definition) is 1. The third-order valence-corrected chi connectivity index (χ3v) is 6.85. The number of thioether (sulfide) groups is 1. The highest BCUT2D eigenvalue weighted by molar-refractivity contribution is 7.99. The molecule has 38 heavy (non-hydrogen) atoms. The third-order valence-electron chi connectivity index (χ3n) is 5.92. The lowest BCUT2D eigenvalue weighted by Crippen LogP contribution is -2.16. The SMILES string of the molecule is Cc1cc([N+](=O)[O-])ccc1NC(=O)CSc1nnc(C(C)Oc2ccc(C(C)C)cc2)n1-c1ccccc1. The molecule has 4 aromatic rings. The number of ether oxygens (including phenoxy) is 1. The first-order valence-electron chi connectivity index (χ1n) is 12.2. The molecule has 0 aliphatic rings. The molecule has 0 aliphatic carbocycles. The lowest BCUT2D eigenvalue weighted by molar-refractivity contribution is -0.384. The maximum Gasteiger partial charge on any atom is 0.269 e. The molecule has 4 rings (SSSR count). The fraction of sp³-hybridized carbons (Fsp3) is 0.250. The van der Waals surface area contributed by atoms with Crippen LogP contribution in [0, 0.1) is 17.0 Å². The van der Waals surface area contributed by atoms with Crippen LogP contribution in [0.5, 0.6) is 5.75 Å². The maximum atomic E-state index is 12.7. The molecule has 0 fully saturated rings. The van der Waals surface area contributed by atoms with Crippen LogP contribution in [0.3, 0.4) is 0 Å². The number of nitrogens with zero attached hydrogens (tertiary/aromatic N) is 4. The van der Waals surface area contributed by atoms with Crippen molar-refractivity contribution in [3.63, 3.8) is 0 Å². The zero-order chi connectivity index (χ0) is 27.2. The number of para-hydroxylation sites is 1. The summed E-state index contributed by atoms with van der Waals surface area (Å²) in [6.07, 6.45) is -0.404. The van der Waals surface area contributed by atoms with Gasteiger partial charge in [0.1, 0.15) is 5.75 Å². The Balaban J connectivity index is 1.51. The second-order valence-corrected chi connectivity index (χ2v) is 10.0. The number of anilines is 1. The highest BCUT2D eigenvalue weighted by atomic mass is 32.2. The molecular weight excluding hydrogens is 502 g/mol. The number of aromatic nitrogens is 3. The van der Waals surface area contributed by atoms with E-state index in [1.807, 2.05) is 54.0 Å². The Labute approximate surface area is 225 Å². The van der Waals surface area contributed by atoms with Crippen molar-refractivity contribution in [3.05, 3.63) is 99.9 Å². The van der Waals surface area contributed by atoms with Crippen LogP contribution in [-0.4, -0.2) is 31.3 Å². The van der Waals surface area contributed by atoms with Crippen LogP contribution in [0.1, 0.15) is 49.7 Å². The summed E-state index contributed by atoms with van der Waals surface area (Å²) in [6, 6.07) is 22.0. The topological polar surface area (TPSA) is 112 Å². The highest BCUT2D eigenvalue weighted by Crippen LogP contribution is 2.29. The minimum absolute atomic E-state index is 0.0226. The van der Waals surface area contributed by atoms with Gasteiger partial charge < -0.3 is 10.1 Å². The average molecular weight is 532 g/mol. The van der Waals surface area contributed by atoms with Crippen molar-refractivity contribution in [3.8, 4) is 11.4 Å². The average Bonchev–Trinajstić information content (AvgIpc) is 3.33. The van der Waals surface area contributed by atoms with Crippen molar-refractivity contribution in [1.29, 1.82) is 0 Å². The van der Waals surface area contributed by atoms with E-state index in [0.717, 1.165) is 11.4 Å². The van der Waals surface area contributed by atoms with Crippen LogP contribution in [0.2, 0.25) is 0 Å². The molecule has 0 aliphatic heterocycles. The molecular formula is C28H29N5O4S. The Hall–Kier alpha value is -4.18. The summed E-state index contributed by atoms with van der Waals surface area (Å²) >= 11 is 1.25. The number of nitro groups is 1. The summed E-state index contributed by atoms with van der Waals surface area (Å²) < 4.78 is 8.09. The van der Waals surface area contributed by atoms with E-state index < -0.39 is 11.0 Å². The number of amides is 1. The van der Waals surface area contributed by atoms with Gasteiger partial charge >= 0.3 is 0 Å². The van der Waals surface area contributed by atoms with Gasteiger partial charge in [-0.15, -0.1) is 10.2 Å². The first-order valence-corrected chi connectivity index (χ1v) is 13.2. The molecule has 1 amide bonds. The number of rotatable bonds is 10. The van der Waals surface area contributed by atoms with E-state index in [9.17, 15) is 14.9 Å². The molecule has 1 atom stereocenters. The lowest BCUT2D eigenvalue weighted by Gasteiger charge is -2.17. The van der Waals surface area contributed by atoms with Gasteiger partial charge in [-0.1, -0.05) is 55.9 Å². The molecule has 0 radical (unpaired) electrons. The number of non-ortho nitro benzene ring substituents is 1. The van der Waals surface area contributed by atoms with Crippen molar-refractivity contribution in [2.75, 3.05) is 11.1 Å². The number of carbonyl (C=O) groups is 1. The third kappa shape index (κ3) is 6.38. The van der Waals surface area contributed by atoms with Gasteiger partial charge in [0.2, 0.25) is 5.91 Å². The zero-order valence-electron chi connectivity index (χ0n) is 21.6.